The summed E-state index contributed by atoms with van der Waals surface area (Å²) < 4.78 is 12.8. The van der Waals surface area contributed by atoms with Crippen LogP contribution >= 0.6 is 0 Å². The van der Waals surface area contributed by atoms with Crippen molar-refractivity contribution in [3.05, 3.63) is 0 Å². The van der Waals surface area contributed by atoms with Crippen molar-refractivity contribution in [3.8, 4) is 0 Å². The molecule has 4 heteroatoms. The van der Waals surface area contributed by atoms with Gasteiger partial charge in [-0.15, -0.1) is 0 Å². The summed E-state index contributed by atoms with van der Waals surface area (Å²) in [6.07, 6.45) is 3.38. The van der Waals surface area contributed by atoms with Gasteiger partial charge in [-0.2, -0.15) is 0 Å². The molecule has 2 atom stereocenters. The fraction of sp³-hybridized carbons (Fsp3) is 0.900. The second-order valence-electron chi connectivity index (χ2n) is 4.40. The van der Waals surface area contributed by atoms with Gasteiger partial charge in [-0.25, -0.2) is 9.18 Å². The number of hydrogen-bond donors (Lipinski definition) is 1. The van der Waals surface area contributed by atoms with Crippen molar-refractivity contribution >= 4 is 6.03 Å². The molecule has 1 N–H and O–H groups in total. The molecule has 2 fully saturated rings. The van der Waals surface area contributed by atoms with Crippen LogP contribution in [0.3, 0.4) is 0 Å². The molecule has 0 aromatic heterocycles. The molecule has 0 spiro atoms. The van der Waals surface area contributed by atoms with Crippen LogP contribution in [0.25, 0.3) is 0 Å². The first kappa shape index (κ1) is 9.74. The van der Waals surface area contributed by atoms with Gasteiger partial charge in [0.15, 0.2) is 0 Å². The van der Waals surface area contributed by atoms with E-state index in [1.807, 2.05) is 7.05 Å². The third-order valence-electron chi connectivity index (χ3n) is 3.11. The van der Waals surface area contributed by atoms with Crippen LogP contribution in [0.2, 0.25) is 0 Å². The Labute approximate surface area is 83.6 Å². The quantitative estimate of drug-likeness (QED) is 0.722. The minimum atomic E-state index is -0.716. The molecule has 0 radical (unpaired) electrons. The lowest BCUT2D eigenvalue weighted by Gasteiger charge is -2.20. The highest BCUT2D eigenvalue weighted by molar-refractivity contribution is 5.74. The van der Waals surface area contributed by atoms with Gasteiger partial charge in [0, 0.05) is 19.1 Å². The lowest BCUT2D eigenvalue weighted by Crippen LogP contribution is -2.43. The smallest absolute Gasteiger partial charge is 0.317 e. The van der Waals surface area contributed by atoms with E-state index in [0.29, 0.717) is 18.9 Å². The summed E-state index contributed by atoms with van der Waals surface area (Å²) in [7, 11) is 1.81. The number of carbonyl (C=O) groups excluding carboxylic acids is 1. The van der Waals surface area contributed by atoms with Gasteiger partial charge >= 0.3 is 6.03 Å². The Bertz CT molecular complexity index is 230. The van der Waals surface area contributed by atoms with Crippen LogP contribution in [-0.4, -0.2) is 36.2 Å². The molecule has 0 heterocycles. The molecular formula is C10H17FN2O. The fourth-order valence-corrected chi connectivity index (χ4v) is 1.96. The lowest BCUT2D eigenvalue weighted by molar-refractivity contribution is 0.202. The molecule has 3 nitrogen and oxygen atoms in total. The summed E-state index contributed by atoms with van der Waals surface area (Å²) in [5.41, 5.74) is 0. The maximum atomic E-state index is 12.8. The molecule has 2 aliphatic rings. The molecule has 14 heavy (non-hydrogen) atoms. The summed E-state index contributed by atoms with van der Waals surface area (Å²) in [6.45, 7) is 0. The molecule has 2 rings (SSSR count). The maximum Gasteiger partial charge on any atom is 0.317 e. The molecule has 0 aromatic carbocycles. The van der Waals surface area contributed by atoms with Crippen LogP contribution in [0, 0.1) is 0 Å². The van der Waals surface area contributed by atoms with Crippen LogP contribution in [0.4, 0.5) is 9.18 Å². The van der Waals surface area contributed by atoms with Gasteiger partial charge in [-0.3, -0.25) is 0 Å². The largest absolute Gasteiger partial charge is 0.335 e. The minimum absolute atomic E-state index is 0.0356. The monoisotopic (exact) mass is 200 g/mol. The van der Waals surface area contributed by atoms with Crippen LogP contribution in [0.15, 0.2) is 0 Å². The molecule has 2 amide bonds. The number of nitrogens with zero attached hydrogens (tertiary/aromatic N) is 1. The number of urea groups is 1. The van der Waals surface area contributed by atoms with Gasteiger partial charge in [-0.1, -0.05) is 0 Å². The zero-order chi connectivity index (χ0) is 10.1. The lowest BCUT2D eigenvalue weighted by atomic mass is 10.2. The van der Waals surface area contributed by atoms with Gasteiger partial charge in [0.1, 0.15) is 6.17 Å². The third-order valence-corrected chi connectivity index (χ3v) is 3.11. The Balaban J connectivity index is 1.76. The Morgan fingerprint density at radius 1 is 1.36 bits per heavy atom. The Kier molecular flexibility index (Phi) is 2.61. The Morgan fingerprint density at radius 2 is 2.07 bits per heavy atom. The number of halogens is 1. The van der Waals surface area contributed by atoms with Gasteiger partial charge < -0.3 is 10.2 Å². The number of rotatable bonds is 2. The van der Waals surface area contributed by atoms with Gasteiger partial charge in [-0.05, 0) is 32.1 Å². The maximum absolute atomic E-state index is 12.8. The van der Waals surface area contributed by atoms with E-state index in [0.717, 1.165) is 19.3 Å². The first-order valence-corrected chi connectivity index (χ1v) is 5.34. The SMILES string of the molecule is CN(C(=O)NC1CCC(F)C1)C1CC1. The molecule has 0 bridgehead atoms. The second-order valence-corrected chi connectivity index (χ2v) is 4.40. The van der Waals surface area contributed by atoms with Crippen molar-refractivity contribution in [1.82, 2.24) is 10.2 Å². The van der Waals surface area contributed by atoms with Crippen LogP contribution in [0.1, 0.15) is 32.1 Å². The Morgan fingerprint density at radius 3 is 2.57 bits per heavy atom. The van der Waals surface area contributed by atoms with Crippen molar-refractivity contribution in [2.75, 3.05) is 7.05 Å². The average Bonchev–Trinajstić information content (AvgIpc) is 2.91. The van der Waals surface area contributed by atoms with E-state index in [9.17, 15) is 9.18 Å². The topological polar surface area (TPSA) is 32.3 Å². The molecule has 2 unspecified atom stereocenters. The highest BCUT2D eigenvalue weighted by atomic mass is 19.1. The van der Waals surface area contributed by atoms with Crippen LogP contribution < -0.4 is 5.32 Å². The molecule has 2 aliphatic carbocycles. The van der Waals surface area contributed by atoms with Crippen molar-refractivity contribution < 1.29 is 9.18 Å². The third kappa shape index (κ3) is 2.16. The standard InChI is InChI=1S/C10H17FN2O/c1-13(9-4-5-9)10(14)12-8-3-2-7(11)6-8/h7-9H,2-6H2,1H3,(H,12,14). The molecule has 2 saturated carbocycles. The highest BCUT2D eigenvalue weighted by Gasteiger charge is 2.32. The van der Waals surface area contributed by atoms with E-state index in [4.69, 9.17) is 0 Å². The summed E-state index contributed by atoms with van der Waals surface area (Å²) in [6, 6.07) is 0.447. The van der Waals surface area contributed by atoms with Crippen LogP contribution in [0.5, 0.6) is 0 Å². The molecular weight excluding hydrogens is 183 g/mol. The van der Waals surface area contributed by atoms with E-state index in [1.54, 1.807) is 4.90 Å². The minimum Gasteiger partial charge on any atom is -0.335 e. The summed E-state index contributed by atoms with van der Waals surface area (Å²) >= 11 is 0. The van der Waals surface area contributed by atoms with Crippen molar-refractivity contribution in [1.29, 1.82) is 0 Å². The first-order chi connectivity index (χ1) is 6.66. The fourth-order valence-electron chi connectivity index (χ4n) is 1.96. The predicted molar refractivity (Wildman–Crippen MR) is 51.9 cm³/mol. The van der Waals surface area contributed by atoms with Crippen LogP contribution in [-0.2, 0) is 0 Å². The normalized spacial score (nSPS) is 31.6. The second kappa shape index (κ2) is 3.75. The van der Waals surface area contributed by atoms with Crippen molar-refractivity contribution in [3.63, 3.8) is 0 Å². The zero-order valence-corrected chi connectivity index (χ0v) is 8.50. The van der Waals surface area contributed by atoms with Gasteiger partial charge in [0.2, 0.25) is 0 Å². The average molecular weight is 200 g/mol. The summed E-state index contributed by atoms with van der Waals surface area (Å²) in [4.78, 5) is 13.3. The molecule has 0 saturated heterocycles. The Hall–Kier alpha value is -0.800. The predicted octanol–water partition coefficient (Wildman–Crippen LogP) is 1.68. The molecule has 0 aromatic rings. The van der Waals surface area contributed by atoms with E-state index in [-0.39, 0.29) is 12.1 Å². The number of hydrogen-bond acceptors (Lipinski definition) is 1. The highest BCUT2D eigenvalue weighted by Crippen LogP contribution is 2.26. The summed E-state index contributed by atoms with van der Waals surface area (Å²) in [5.74, 6) is 0. The van der Waals surface area contributed by atoms with E-state index in [2.05, 4.69) is 5.32 Å². The number of alkyl halides is 1. The van der Waals surface area contributed by atoms with Crippen molar-refractivity contribution in [2.45, 2.75) is 50.4 Å². The number of amides is 2. The first-order valence-electron chi connectivity index (χ1n) is 5.34. The van der Waals surface area contributed by atoms with E-state index in [1.165, 1.54) is 0 Å². The number of nitrogens with one attached hydrogen (secondary N) is 1. The van der Waals surface area contributed by atoms with E-state index < -0.39 is 6.17 Å². The van der Waals surface area contributed by atoms with Gasteiger partial charge in [0.25, 0.3) is 0 Å². The number of carbonyl (C=O) groups is 1. The molecule has 80 valence electrons. The zero-order valence-electron chi connectivity index (χ0n) is 8.50. The van der Waals surface area contributed by atoms with E-state index >= 15 is 0 Å². The molecule has 0 aliphatic heterocycles. The van der Waals surface area contributed by atoms with Gasteiger partial charge in [0.05, 0.1) is 0 Å². The van der Waals surface area contributed by atoms with Crippen molar-refractivity contribution in [2.24, 2.45) is 0 Å². The summed E-state index contributed by atoms with van der Waals surface area (Å²) in [5, 5.41) is 2.88.